The average Bonchev–Trinajstić information content (AvgIpc) is 2.64. The Morgan fingerprint density at radius 1 is 1.11 bits per heavy atom. The van der Waals surface area contributed by atoms with Crippen molar-refractivity contribution in [2.24, 2.45) is 0 Å². The lowest BCUT2D eigenvalue weighted by Gasteiger charge is -2.31. The molecule has 0 amide bonds. The molecule has 1 aromatic carbocycles. The zero-order valence-corrected chi connectivity index (χ0v) is 13.0. The van der Waals surface area contributed by atoms with Crippen LogP contribution in [0.15, 0.2) is 24.3 Å². The molecule has 0 saturated heterocycles. The Labute approximate surface area is 123 Å². The van der Waals surface area contributed by atoms with Gasteiger partial charge in [0.05, 0.1) is 12.2 Å². The molecule has 0 heterocycles. The third kappa shape index (κ3) is 3.72. The van der Waals surface area contributed by atoms with Crippen molar-refractivity contribution in [2.75, 3.05) is 5.33 Å². The summed E-state index contributed by atoms with van der Waals surface area (Å²) in [7, 11) is 0. The van der Waals surface area contributed by atoms with Gasteiger partial charge in [-0.05, 0) is 24.5 Å². The van der Waals surface area contributed by atoms with Crippen molar-refractivity contribution in [3.63, 3.8) is 0 Å². The van der Waals surface area contributed by atoms with Crippen molar-refractivity contribution >= 4 is 27.5 Å². The zero-order valence-electron chi connectivity index (χ0n) is 10.6. The van der Waals surface area contributed by atoms with Crippen LogP contribution in [0, 0.1) is 0 Å². The van der Waals surface area contributed by atoms with E-state index in [1.165, 1.54) is 25.7 Å². The SMILES string of the molecule is Clc1ccccc1COC1(CBr)CCCCCC1. The standard InChI is InChI=1S/C15H20BrClO/c16-12-15(9-5-1-2-6-10-15)18-11-13-7-3-4-8-14(13)17/h3-4,7-8H,1-2,5-6,9-12H2. The first kappa shape index (κ1) is 14.4. The largest absolute Gasteiger partial charge is 0.369 e. The molecule has 0 unspecified atom stereocenters. The lowest BCUT2D eigenvalue weighted by molar-refractivity contribution is -0.0484. The quantitative estimate of drug-likeness (QED) is 0.534. The molecule has 0 aliphatic heterocycles. The molecule has 1 aliphatic carbocycles. The Morgan fingerprint density at radius 3 is 2.39 bits per heavy atom. The van der Waals surface area contributed by atoms with Gasteiger partial charge in [0.2, 0.25) is 0 Å². The summed E-state index contributed by atoms with van der Waals surface area (Å²) >= 11 is 9.81. The second-order valence-corrected chi connectivity index (χ2v) is 6.08. The minimum atomic E-state index is 0.00959. The molecule has 3 heteroatoms. The molecule has 1 nitrogen and oxygen atoms in total. The zero-order chi connectivity index (χ0) is 12.8. The van der Waals surface area contributed by atoms with Crippen LogP contribution in [0.1, 0.15) is 44.1 Å². The van der Waals surface area contributed by atoms with E-state index >= 15 is 0 Å². The van der Waals surface area contributed by atoms with Crippen LogP contribution in [-0.2, 0) is 11.3 Å². The van der Waals surface area contributed by atoms with Gasteiger partial charge in [0, 0.05) is 10.4 Å². The molecular formula is C15H20BrClO. The Hall–Kier alpha value is -0.0500. The van der Waals surface area contributed by atoms with Gasteiger partial charge in [0.1, 0.15) is 0 Å². The average molecular weight is 332 g/mol. The maximum absolute atomic E-state index is 6.24. The van der Waals surface area contributed by atoms with Crippen molar-refractivity contribution in [2.45, 2.75) is 50.7 Å². The minimum absolute atomic E-state index is 0.00959. The highest BCUT2D eigenvalue weighted by Crippen LogP contribution is 2.33. The normalized spacial score (nSPS) is 19.4. The molecule has 0 spiro atoms. The van der Waals surface area contributed by atoms with Gasteiger partial charge in [-0.1, -0.05) is 71.4 Å². The summed E-state index contributed by atoms with van der Waals surface area (Å²) in [5.74, 6) is 0. The maximum atomic E-state index is 6.24. The predicted octanol–water partition coefficient (Wildman–Crippen LogP) is 5.34. The molecule has 100 valence electrons. The van der Waals surface area contributed by atoms with Crippen LogP contribution >= 0.6 is 27.5 Å². The van der Waals surface area contributed by atoms with E-state index in [-0.39, 0.29) is 5.60 Å². The van der Waals surface area contributed by atoms with Crippen LogP contribution in [0.5, 0.6) is 0 Å². The van der Waals surface area contributed by atoms with Gasteiger partial charge in [-0.15, -0.1) is 0 Å². The van der Waals surface area contributed by atoms with E-state index in [1.54, 1.807) is 0 Å². The molecule has 0 aromatic heterocycles. The van der Waals surface area contributed by atoms with E-state index in [9.17, 15) is 0 Å². The molecule has 1 aromatic rings. The Balaban J connectivity index is 2.00. The number of hydrogen-bond donors (Lipinski definition) is 0. The highest BCUT2D eigenvalue weighted by atomic mass is 79.9. The summed E-state index contributed by atoms with van der Waals surface area (Å²) in [6, 6.07) is 7.94. The topological polar surface area (TPSA) is 9.23 Å². The lowest BCUT2D eigenvalue weighted by Crippen LogP contribution is -2.33. The first-order chi connectivity index (χ1) is 8.76. The van der Waals surface area contributed by atoms with Crippen molar-refractivity contribution in [1.29, 1.82) is 0 Å². The molecule has 1 aliphatic rings. The Kier molecular flexibility index (Phi) is 5.53. The Morgan fingerprint density at radius 2 is 1.78 bits per heavy atom. The van der Waals surface area contributed by atoms with Crippen molar-refractivity contribution in [1.82, 2.24) is 0 Å². The minimum Gasteiger partial charge on any atom is -0.369 e. The fraction of sp³-hybridized carbons (Fsp3) is 0.600. The van der Waals surface area contributed by atoms with E-state index < -0.39 is 0 Å². The Bertz CT molecular complexity index is 373. The third-order valence-corrected chi connectivity index (χ3v) is 5.14. The molecular weight excluding hydrogens is 312 g/mol. The number of rotatable bonds is 4. The molecule has 1 saturated carbocycles. The van der Waals surface area contributed by atoms with E-state index in [4.69, 9.17) is 16.3 Å². The monoisotopic (exact) mass is 330 g/mol. The molecule has 0 atom stereocenters. The molecule has 0 bridgehead atoms. The molecule has 0 N–H and O–H groups in total. The van der Waals surface area contributed by atoms with Gasteiger partial charge in [-0.2, -0.15) is 0 Å². The number of hydrogen-bond acceptors (Lipinski definition) is 1. The second kappa shape index (κ2) is 6.93. The van der Waals surface area contributed by atoms with Crippen LogP contribution in [0.25, 0.3) is 0 Å². The fourth-order valence-electron chi connectivity index (χ4n) is 2.54. The summed E-state index contributed by atoms with van der Waals surface area (Å²) in [4.78, 5) is 0. The van der Waals surface area contributed by atoms with E-state index in [1.807, 2.05) is 24.3 Å². The van der Waals surface area contributed by atoms with Gasteiger partial charge in [0.25, 0.3) is 0 Å². The summed E-state index contributed by atoms with van der Waals surface area (Å²) in [6.45, 7) is 0.616. The molecule has 18 heavy (non-hydrogen) atoms. The smallest absolute Gasteiger partial charge is 0.0783 e. The van der Waals surface area contributed by atoms with Gasteiger partial charge >= 0.3 is 0 Å². The number of benzene rings is 1. The number of alkyl halides is 1. The third-order valence-electron chi connectivity index (χ3n) is 3.75. The van der Waals surface area contributed by atoms with Crippen LogP contribution in [0.3, 0.4) is 0 Å². The molecule has 1 fully saturated rings. The van der Waals surface area contributed by atoms with Gasteiger partial charge < -0.3 is 4.74 Å². The van der Waals surface area contributed by atoms with Crippen molar-refractivity contribution in [3.05, 3.63) is 34.9 Å². The van der Waals surface area contributed by atoms with Gasteiger partial charge in [-0.25, -0.2) is 0 Å². The highest BCUT2D eigenvalue weighted by Gasteiger charge is 2.30. The van der Waals surface area contributed by atoms with Crippen LogP contribution < -0.4 is 0 Å². The van der Waals surface area contributed by atoms with E-state index in [0.29, 0.717) is 6.61 Å². The predicted molar refractivity (Wildman–Crippen MR) is 80.5 cm³/mol. The number of halogens is 2. The van der Waals surface area contributed by atoms with Gasteiger partial charge in [0.15, 0.2) is 0 Å². The van der Waals surface area contributed by atoms with Crippen LogP contribution in [0.4, 0.5) is 0 Å². The summed E-state index contributed by atoms with van der Waals surface area (Å²) in [5, 5.41) is 1.72. The molecule has 2 rings (SSSR count). The first-order valence-electron chi connectivity index (χ1n) is 6.69. The lowest BCUT2D eigenvalue weighted by atomic mass is 9.96. The second-order valence-electron chi connectivity index (χ2n) is 5.11. The fourth-order valence-corrected chi connectivity index (χ4v) is 3.45. The van der Waals surface area contributed by atoms with Crippen LogP contribution in [0.2, 0.25) is 5.02 Å². The van der Waals surface area contributed by atoms with Crippen molar-refractivity contribution in [3.8, 4) is 0 Å². The summed E-state index contributed by atoms with van der Waals surface area (Å²) < 4.78 is 6.24. The van der Waals surface area contributed by atoms with Crippen LogP contribution in [-0.4, -0.2) is 10.9 Å². The van der Waals surface area contributed by atoms with E-state index in [0.717, 1.165) is 28.8 Å². The van der Waals surface area contributed by atoms with Gasteiger partial charge in [-0.3, -0.25) is 0 Å². The van der Waals surface area contributed by atoms with Crippen molar-refractivity contribution < 1.29 is 4.74 Å². The summed E-state index contributed by atoms with van der Waals surface area (Å²) in [6.07, 6.45) is 7.53. The van der Waals surface area contributed by atoms with E-state index in [2.05, 4.69) is 15.9 Å². The highest BCUT2D eigenvalue weighted by molar-refractivity contribution is 9.09. The summed E-state index contributed by atoms with van der Waals surface area (Å²) in [5.41, 5.74) is 1.10. The maximum Gasteiger partial charge on any atom is 0.0783 e. The molecule has 0 radical (unpaired) electrons. The number of ether oxygens (including phenoxy) is 1. The first-order valence-corrected chi connectivity index (χ1v) is 8.19.